The zero-order chi connectivity index (χ0) is 25.4. The Morgan fingerprint density at radius 1 is 1.25 bits per heavy atom. The smallest absolute Gasteiger partial charge is 0.254 e. The molecule has 0 saturated heterocycles. The Bertz CT molecular complexity index is 1450. The predicted molar refractivity (Wildman–Crippen MR) is 137 cm³/mol. The number of nitrogens with zero attached hydrogens (tertiary/aromatic N) is 3. The molecule has 2 heterocycles. The number of amides is 1. The largest absolute Gasteiger partial charge is 0.496 e. The van der Waals surface area contributed by atoms with Crippen molar-refractivity contribution in [3.05, 3.63) is 64.5 Å². The van der Waals surface area contributed by atoms with Gasteiger partial charge in [0.2, 0.25) is 0 Å². The lowest BCUT2D eigenvalue weighted by molar-refractivity contribution is 0.0913. The van der Waals surface area contributed by atoms with Gasteiger partial charge in [0.15, 0.2) is 11.5 Å². The second-order valence-electron chi connectivity index (χ2n) is 8.97. The van der Waals surface area contributed by atoms with E-state index in [-0.39, 0.29) is 17.6 Å². The number of aromatic amines is 1. The fourth-order valence-corrected chi connectivity index (χ4v) is 4.67. The molecule has 1 aliphatic carbocycles. The van der Waals surface area contributed by atoms with Gasteiger partial charge in [-0.3, -0.25) is 4.79 Å². The maximum absolute atomic E-state index is 15.1. The number of ether oxygens (including phenoxy) is 1. The SMILES string of the molecule is COc1c(C(C)Nc2ncnc3nc[nH]c23)cc(Cl)c(C)c1-c1ccc(C(=O)NC2CCC2)c(F)c1. The van der Waals surface area contributed by atoms with Crippen LogP contribution in [-0.4, -0.2) is 39.0 Å². The summed E-state index contributed by atoms with van der Waals surface area (Å²) in [5.41, 5.74) is 3.98. The molecule has 1 saturated carbocycles. The van der Waals surface area contributed by atoms with Gasteiger partial charge in [-0.2, -0.15) is 0 Å². The van der Waals surface area contributed by atoms with E-state index in [4.69, 9.17) is 16.3 Å². The number of hydrogen-bond acceptors (Lipinski definition) is 6. The fraction of sp³-hybridized carbons (Fsp3) is 0.308. The van der Waals surface area contributed by atoms with Crippen LogP contribution in [-0.2, 0) is 0 Å². The number of anilines is 1. The van der Waals surface area contributed by atoms with Crippen molar-refractivity contribution < 1.29 is 13.9 Å². The van der Waals surface area contributed by atoms with Crippen LogP contribution in [0.4, 0.5) is 10.2 Å². The number of benzene rings is 2. The van der Waals surface area contributed by atoms with Crippen LogP contribution in [0.5, 0.6) is 5.75 Å². The lowest BCUT2D eigenvalue weighted by atomic mass is 9.92. The Kier molecular flexibility index (Phi) is 6.49. The third-order valence-corrected chi connectivity index (χ3v) is 7.09. The molecule has 1 atom stereocenters. The van der Waals surface area contributed by atoms with Crippen LogP contribution < -0.4 is 15.4 Å². The minimum absolute atomic E-state index is 0.0203. The standard InChI is InChI=1S/C26H26ClFN6O2/c1-13-19(27)10-18(14(2)33-25-22-24(30-11-29-22)31-12-32-25)23(36-3)21(13)15-7-8-17(20(28)9-15)26(35)34-16-5-4-6-16/h7-12,14,16H,4-6H2,1-3H3,(H,34,35)(H2,29,30,31,32,33). The van der Waals surface area contributed by atoms with E-state index < -0.39 is 11.7 Å². The summed E-state index contributed by atoms with van der Waals surface area (Å²) in [5.74, 6) is 0.143. The van der Waals surface area contributed by atoms with E-state index in [9.17, 15) is 4.79 Å². The molecule has 8 nitrogen and oxygen atoms in total. The molecule has 3 N–H and O–H groups in total. The number of fused-ring (bicyclic) bond motifs is 1. The van der Waals surface area contributed by atoms with Crippen molar-refractivity contribution >= 4 is 34.5 Å². The third kappa shape index (κ3) is 4.35. The van der Waals surface area contributed by atoms with Gasteiger partial charge in [-0.05, 0) is 62.4 Å². The molecule has 1 fully saturated rings. The van der Waals surface area contributed by atoms with Gasteiger partial charge in [0, 0.05) is 22.2 Å². The molecule has 5 rings (SSSR count). The summed E-state index contributed by atoms with van der Waals surface area (Å²) in [6, 6.07) is 6.27. The molecular weight excluding hydrogens is 483 g/mol. The number of methoxy groups -OCH3 is 1. The van der Waals surface area contributed by atoms with E-state index in [2.05, 4.69) is 30.6 Å². The number of rotatable bonds is 7. The minimum Gasteiger partial charge on any atom is -0.496 e. The Morgan fingerprint density at radius 2 is 2.06 bits per heavy atom. The summed E-state index contributed by atoms with van der Waals surface area (Å²) in [5, 5.41) is 6.76. The highest BCUT2D eigenvalue weighted by molar-refractivity contribution is 6.32. The predicted octanol–water partition coefficient (Wildman–Crippen LogP) is 5.58. The Hall–Kier alpha value is -3.72. The maximum atomic E-state index is 15.1. The molecule has 2 aromatic heterocycles. The van der Waals surface area contributed by atoms with Gasteiger partial charge in [0.1, 0.15) is 23.4 Å². The molecule has 0 radical (unpaired) electrons. The molecule has 0 aliphatic heterocycles. The van der Waals surface area contributed by atoms with Gasteiger partial charge in [-0.1, -0.05) is 17.7 Å². The average Bonchev–Trinajstić information content (AvgIpc) is 3.32. The zero-order valence-electron chi connectivity index (χ0n) is 20.2. The summed E-state index contributed by atoms with van der Waals surface area (Å²) >= 11 is 6.64. The second-order valence-corrected chi connectivity index (χ2v) is 9.37. The monoisotopic (exact) mass is 508 g/mol. The van der Waals surface area contributed by atoms with Crippen LogP contribution in [0.15, 0.2) is 36.9 Å². The second kappa shape index (κ2) is 9.73. The molecule has 1 unspecified atom stereocenters. The van der Waals surface area contributed by atoms with Crippen molar-refractivity contribution in [2.24, 2.45) is 0 Å². The minimum atomic E-state index is -0.596. The summed E-state index contributed by atoms with van der Waals surface area (Å²) in [6.07, 6.45) is 5.94. The van der Waals surface area contributed by atoms with Crippen LogP contribution in [0.2, 0.25) is 5.02 Å². The summed E-state index contributed by atoms with van der Waals surface area (Å²) in [7, 11) is 1.57. The highest BCUT2D eigenvalue weighted by atomic mass is 35.5. The maximum Gasteiger partial charge on any atom is 0.254 e. The third-order valence-electron chi connectivity index (χ3n) is 6.69. The van der Waals surface area contributed by atoms with Crippen LogP contribution >= 0.6 is 11.6 Å². The number of carbonyl (C=O) groups is 1. The summed E-state index contributed by atoms with van der Waals surface area (Å²) < 4.78 is 21.0. The fourth-order valence-electron chi connectivity index (χ4n) is 4.46. The number of imidazole rings is 1. The number of aromatic nitrogens is 4. The zero-order valence-corrected chi connectivity index (χ0v) is 20.9. The molecule has 1 amide bonds. The first-order chi connectivity index (χ1) is 17.4. The van der Waals surface area contributed by atoms with E-state index in [1.807, 2.05) is 19.9 Å². The van der Waals surface area contributed by atoms with Gasteiger partial charge >= 0.3 is 0 Å². The van der Waals surface area contributed by atoms with Crippen molar-refractivity contribution in [1.29, 1.82) is 0 Å². The van der Waals surface area contributed by atoms with Crippen molar-refractivity contribution in [1.82, 2.24) is 25.3 Å². The molecule has 0 bridgehead atoms. The van der Waals surface area contributed by atoms with E-state index in [1.165, 1.54) is 18.5 Å². The van der Waals surface area contributed by atoms with E-state index in [0.29, 0.717) is 38.9 Å². The number of nitrogens with one attached hydrogen (secondary N) is 3. The van der Waals surface area contributed by atoms with Crippen LogP contribution in [0, 0.1) is 12.7 Å². The van der Waals surface area contributed by atoms with E-state index in [0.717, 1.165) is 30.4 Å². The number of carbonyl (C=O) groups excluding carboxylic acids is 1. The molecule has 4 aromatic rings. The van der Waals surface area contributed by atoms with Gasteiger partial charge in [0.05, 0.1) is 25.0 Å². The van der Waals surface area contributed by atoms with Crippen molar-refractivity contribution in [3.63, 3.8) is 0 Å². The first-order valence-corrected chi connectivity index (χ1v) is 12.1. The van der Waals surface area contributed by atoms with Gasteiger partial charge in [-0.15, -0.1) is 0 Å². The van der Waals surface area contributed by atoms with Crippen LogP contribution in [0.3, 0.4) is 0 Å². The summed E-state index contributed by atoms with van der Waals surface area (Å²) in [4.78, 5) is 28.2. The number of halogens is 2. The van der Waals surface area contributed by atoms with E-state index >= 15 is 4.39 Å². The molecule has 10 heteroatoms. The first kappa shape index (κ1) is 24.0. The molecule has 0 spiro atoms. The molecule has 1 aliphatic rings. The average molecular weight is 509 g/mol. The van der Waals surface area contributed by atoms with Crippen molar-refractivity contribution in [2.45, 2.75) is 45.2 Å². The van der Waals surface area contributed by atoms with Crippen LogP contribution in [0.1, 0.15) is 53.7 Å². The molecule has 2 aromatic carbocycles. The topological polar surface area (TPSA) is 105 Å². The highest BCUT2D eigenvalue weighted by Crippen LogP contribution is 2.43. The Labute approximate surface area is 212 Å². The first-order valence-electron chi connectivity index (χ1n) is 11.8. The van der Waals surface area contributed by atoms with Gasteiger partial charge < -0.3 is 20.4 Å². The Balaban J connectivity index is 1.51. The van der Waals surface area contributed by atoms with Crippen LogP contribution in [0.25, 0.3) is 22.3 Å². The van der Waals surface area contributed by atoms with Gasteiger partial charge in [0.25, 0.3) is 5.91 Å². The van der Waals surface area contributed by atoms with Gasteiger partial charge in [-0.25, -0.2) is 19.3 Å². The van der Waals surface area contributed by atoms with Crippen molar-refractivity contribution in [2.75, 3.05) is 12.4 Å². The number of hydrogen-bond donors (Lipinski definition) is 3. The number of H-pyrrole nitrogens is 1. The van der Waals surface area contributed by atoms with E-state index in [1.54, 1.807) is 19.5 Å². The normalized spacial score (nSPS) is 14.4. The molecule has 36 heavy (non-hydrogen) atoms. The highest BCUT2D eigenvalue weighted by Gasteiger charge is 2.25. The lowest BCUT2D eigenvalue weighted by Gasteiger charge is -2.26. The molecular formula is C26H26ClFN6O2. The van der Waals surface area contributed by atoms with Crippen molar-refractivity contribution in [3.8, 4) is 16.9 Å². The summed E-state index contributed by atoms with van der Waals surface area (Å²) in [6.45, 7) is 3.81. The molecule has 186 valence electrons. The Morgan fingerprint density at radius 3 is 2.75 bits per heavy atom. The lowest BCUT2D eigenvalue weighted by Crippen LogP contribution is -2.39. The quantitative estimate of drug-likeness (QED) is 0.301.